The van der Waals surface area contributed by atoms with E-state index in [1.165, 1.54) is 18.1 Å². The first-order chi connectivity index (χ1) is 9.84. The molecule has 5 atom stereocenters. The second-order valence-corrected chi connectivity index (χ2v) is 7.41. The topological polar surface area (TPSA) is 35.5 Å². The van der Waals surface area contributed by atoms with Gasteiger partial charge in [0, 0.05) is 24.3 Å². The van der Waals surface area contributed by atoms with Crippen LogP contribution in [0.15, 0.2) is 24.8 Å². The summed E-state index contributed by atoms with van der Waals surface area (Å²) in [4.78, 5) is 11.9. The van der Waals surface area contributed by atoms with Crippen molar-refractivity contribution < 1.29 is 14.3 Å². The van der Waals surface area contributed by atoms with Gasteiger partial charge in [-0.3, -0.25) is 0 Å². The minimum Gasteiger partial charge on any atom is -0.429 e. The van der Waals surface area contributed by atoms with Crippen LogP contribution in [0.3, 0.4) is 0 Å². The van der Waals surface area contributed by atoms with Crippen LogP contribution in [0.25, 0.3) is 0 Å². The van der Waals surface area contributed by atoms with Crippen LogP contribution in [0.5, 0.6) is 0 Å². The van der Waals surface area contributed by atoms with Gasteiger partial charge in [-0.1, -0.05) is 39.5 Å². The van der Waals surface area contributed by atoms with E-state index in [0.29, 0.717) is 24.2 Å². The summed E-state index contributed by atoms with van der Waals surface area (Å²) in [6, 6.07) is 0. The molecule has 1 spiro atoms. The summed E-state index contributed by atoms with van der Waals surface area (Å²) in [7, 11) is 0. The average Bonchev–Trinajstić information content (AvgIpc) is 2.87. The van der Waals surface area contributed by atoms with Gasteiger partial charge in [0.05, 0.1) is 5.60 Å². The normalized spacial score (nSPS) is 44.8. The van der Waals surface area contributed by atoms with Gasteiger partial charge in [-0.05, 0) is 31.1 Å². The molecule has 0 aromatic carbocycles. The van der Waals surface area contributed by atoms with Crippen LogP contribution in [0.2, 0.25) is 0 Å². The third-order valence-electron chi connectivity index (χ3n) is 5.99. The van der Waals surface area contributed by atoms with Crippen molar-refractivity contribution in [3.05, 3.63) is 24.8 Å². The van der Waals surface area contributed by atoms with Crippen LogP contribution in [0, 0.1) is 23.7 Å². The lowest BCUT2D eigenvalue weighted by molar-refractivity contribution is -0.278. The number of esters is 1. The van der Waals surface area contributed by atoms with Gasteiger partial charge in [0.2, 0.25) is 5.79 Å². The lowest BCUT2D eigenvalue weighted by Crippen LogP contribution is -2.51. The number of hydrogen-bond donors (Lipinski definition) is 0. The molecule has 0 N–H and O–H groups in total. The first-order valence-electron chi connectivity index (χ1n) is 8.08. The molecule has 0 aromatic heterocycles. The zero-order valence-electron chi connectivity index (χ0n) is 13.4. The Kier molecular flexibility index (Phi) is 3.32. The summed E-state index contributed by atoms with van der Waals surface area (Å²) in [5.74, 6) is 0.322. The van der Waals surface area contributed by atoms with Crippen LogP contribution in [0.4, 0.5) is 0 Å². The summed E-state index contributed by atoms with van der Waals surface area (Å²) in [6.45, 7) is 14.5. The number of carbonyl (C=O) groups is 1. The largest absolute Gasteiger partial charge is 0.429 e. The van der Waals surface area contributed by atoms with E-state index in [0.717, 1.165) is 12.8 Å². The Hall–Kier alpha value is -1.09. The molecule has 116 valence electrons. The molecule has 5 unspecified atom stereocenters. The zero-order valence-corrected chi connectivity index (χ0v) is 13.4. The molecule has 2 saturated heterocycles. The highest BCUT2D eigenvalue weighted by atomic mass is 16.7. The fraction of sp³-hybridized carbons (Fsp3) is 0.722. The number of carbonyl (C=O) groups excluding carboxylic acids is 1. The summed E-state index contributed by atoms with van der Waals surface area (Å²) in [6.07, 6.45) is 5.15. The maximum Gasteiger partial charge on any atom is 0.332 e. The van der Waals surface area contributed by atoms with Crippen molar-refractivity contribution in [2.75, 3.05) is 0 Å². The van der Waals surface area contributed by atoms with E-state index in [9.17, 15) is 4.79 Å². The van der Waals surface area contributed by atoms with Gasteiger partial charge in [-0.25, -0.2) is 4.79 Å². The Morgan fingerprint density at radius 3 is 2.81 bits per heavy atom. The molecular weight excluding hydrogens is 264 g/mol. The van der Waals surface area contributed by atoms with Gasteiger partial charge >= 0.3 is 5.97 Å². The second-order valence-electron chi connectivity index (χ2n) is 7.41. The Labute approximate surface area is 127 Å². The first kappa shape index (κ1) is 14.8. The molecule has 2 aliphatic heterocycles. The zero-order chi connectivity index (χ0) is 15.4. The van der Waals surface area contributed by atoms with Gasteiger partial charge in [-0.2, -0.15) is 0 Å². The van der Waals surface area contributed by atoms with E-state index in [4.69, 9.17) is 9.47 Å². The maximum absolute atomic E-state index is 11.9. The number of fused-ring (bicyclic) bond motifs is 1. The lowest BCUT2D eigenvalue weighted by atomic mass is 9.77. The number of ether oxygens (including phenoxy) is 2. The molecule has 3 aliphatic rings. The molecule has 3 rings (SSSR count). The van der Waals surface area contributed by atoms with Gasteiger partial charge < -0.3 is 9.47 Å². The average molecular weight is 290 g/mol. The number of rotatable bonds is 3. The third-order valence-corrected chi connectivity index (χ3v) is 5.99. The highest BCUT2D eigenvalue weighted by Gasteiger charge is 2.68. The molecule has 3 fully saturated rings. The van der Waals surface area contributed by atoms with Crippen LogP contribution in [0.1, 0.15) is 46.5 Å². The lowest BCUT2D eigenvalue weighted by Gasteiger charge is -2.45. The maximum atomic E-state index is 11.9. The smallest absolute Gasteiger partial charge is 0.332 e. The van der Waals surface area contributed by atoms with Gasteiger partial charge in [-0.15, -0.1) is 0 Å². The van der Waals surface area contributed by atoms with Crippen molar-refractivity contribution in [3.8, 4) is 0 Å². The van der Waals surface area contributed by atoms with E-state index in [1.807, 2.05) is 0 Å². The van der Waals surface area contributed by atoms with Crippen molar-refractivity contribution in [2.24, 2.45) is 23.7 Å². The molecule has 2 heterocycles. The molecule has 0 aromatic rings. The van der Waals surface area contributed by atoms with Gasteiger partial charge in [0.25, 0.3) is 0 Å². The van der Waals surface area contributed by atoms with E-state index < -0.39 is 11.8 Å². The fourth-order valence-electron chi connectivity index (χ4n) is 4.95. The van der Waals surface area contributed by atoms with Crippen LogP contribution in [-0.2, 0) is 14.3 Å². The molecule has 0 amide bonds. The van der Waals surface area contributed by atoms with E-state index in [2.05, 4.69) is 33.9 Å². The Morgan fingerprint density at radius 1 is 1.48 bits per heavy atom. The minimum absolute atomic E-state index is 0.175. The molecule has 0 radical (unpaired) electrons. The van der Waals surface area contributed by atoms with Crippen molar-refractivity contribution in [2.45, 2.75) is 57.8 Å². The molecule has 3 nitrogen and oxygen atoms in total. The summed E-state index contributed by atoms with van der Waals surface area (Å²) >= 11 is 0. The van der Waals surface area contributed by atoms with Crippen LogP contribution < -0.4 is 0 Å². The summed E-state index contributed by atoms with van der Waals surface area (Å²) in [5.41, 5.74) is 1.02. The fourth-order valence-corrected chi connectivity index (χ4v) is 4.95. The van der Waals surface area contributed by atoms with Gasteiger partial charge in [0.15, 0.2) is 0 Å². The van der Waals surface area contributed by atoms with Crippen molar-refractivity contribution >= 4 is 5.97 Å². The summed E-state index contributed by atoms with van der Waals surface area (Å²) in [5, 5.41) is 0. The van der Waals surface area contributed by atoms with Crippen LogP contribution >= 0.6 is 0 Å². The SMILES string of the molecule is C=CC(=O)OC12CC(=C)C3CCC(C)C3(CC1C(C)C)O2. The van der Waals surface area contributed by atoms with Crippen molar-refractivity contribution in [1.82, 2.24) is 0 Å². The van der Waals surface area contributed by atoms with E-state index in [1.54, 1.807) is 0 Å². The number of hydrogen-bond acceptors (Lipinski definition) is 3. The molecule has 1 aliphatic carbocycles. The second kappa shape index (κ2) is 4.70. The first-order valence-corrected chi connectivity index (χ1v) is 8.08. The summed E-state index contributed by atoms with van der Waals surface area (Å²) < 4.78 is 12.3. The Bertz CT molecular complexity index is 495. The monoisotopic (exact) mass is 290 g/mol. The molecule has 1 saturated carbocycles. The van der Waals surface area contributed by atoms with Gasteiger partial charge in [0.1, 0.15) is 0 Å². The predicted octanol–water partition coefficient (Wildman–Crippen LogP) is 3.85. The quantitative estimate of drug-likeness (QED) is 0.450. The van der Waals surface area contributed by atoms with E-state index in [-0.39, 0.29) is 11.5 Å². The molecule has 3 heteroatoms. The molecular formula is C18H26O3. The molecule has 21 heavy (non-hydrogen) atoms. The minimum atomic E-state index is -0.828. The third kappa shape index (κ3) is 1.93. The highest BCUT2D eigenvalue weighted by molar-refractivity contribution is 5.81. The van der Waals surface area contributed by atoms with Crippen molar-refractivity contribution in [3.63, 3.8) is 0 Å². The Balaban J connectivity index is 2.03. The Morgan fingerprint density at radius 2 is 2.19 bits per heavy atom. The standard InChI is InChI=1S/C18H26O3/c1-6-16(19)20-18-9-12(4)14-8-7-13(5)17(14,21-18)10-15(18)11(2)3/h6,11,13-15H,1,4,7-10H2,2-3,5H3. The predicted molar refractivity (Wildman–Crippen MR) is 81.4 cm³/mol. The molecule has 2 bridgehead atoms. The van der Waals surface area contributed by atoms with E-state index >= 15 is 0 Å². The van der Waals surface area contributed by atoms with Crippen molar-refractivity contribution in [1.29, 1.82) is 0 Å². The highest BCUT2D eigenvalue weighted by Crippen LogP contribution is 2.64. The van der Waals surface area contributed by atoms with Crippen LogP contribution in [-0.4, -0.2) is 17.4 Å².